The average molecular weight is 533 g/mol. The molecular weight excluding hydrogens is 503 g/mol. The number of carbonyl (C=O) groups excluding carboxylic acids is 1. The first kappa shape index (κ1) is 27.6. The van der Waals surface area contributed by atoms with Gasteiger partial charge >= 0.3 is 0 Å². The molecule has 0 spiro atoms. The minimum atomic E-state index is -1.30. The van der Waals surface area contributed by atoms with Gasteiger partial charge < -0.3 is 14.6 Å². The van der Waals surface area contributed by atoms with E-state index in [0.717, 1.165) is 16.7 Å². The number of carbonyl (C=O) groups is 1. The normalized spacial score (nSPS) is 16.1. The maximum atomic E-state index is 13.6. The number of ether oxygens (including phenoxy) is 2. The standard InChI is InChI=1S/C28H29FN6O4/c29-24-10-6-20(7-11-24)17-31-34-27(37)28(16-22-4-1-2-5-23(22)18-32-35-30)19-39-26(33-28)21-8-12-25(13-9-21)38-15-3-14-36/h1-2,4-13,31,36H,3,14-19H2,(H,34,37)/t28-/m0/s1. The van der Waals surface area contributed by atoms with E-state index in [9.17, 15) is 9.18 Å². The highest BCUT2D eigenvalue weighted by molar-refractivity contribution is 6.00. The largest absolute Gasteiger partial charge is 0.494 e. The SMILES string of the molecule is [N-]=[N+]=NCc1ccccc1C[C@@]1(C(=O)NNCc2ccc(F)cc2)COC(c2ccc(OCCCO)cc2)=N1. The number of nitrogens with zero attached hydrogens (tertiary/aromatic N) is 4. The second-order valence-electron chi connectivity index (χ2n) is 8.96. The monoisotopic (exact) mass is 532 g/mol. The Morgan fingerprint density at radius 2 is 1.87 bits per heavy atom. The molecule has 4 rings (SSSR count). The maximum Gasteiger partial charge on any atom is 0.266 e. The molecule has 0 fully saturated rings. The van der Waals surface area contributed by atoms with Crippen LogP contribution in [0.15, 0.2) is 82.9 Å². The fraction of sp³-hybridized carbons (Fsp3) is 0.286. The number of rotatable bonds is 13. The number of halogens is 1. The minimum absolute atomic E-state index is 0.00298. The second kappa shape index (κ2) is 13.4. The molecule has 1 amide bonds. The van der Waals surface area contributed by atoms with Gasteiger partial charge in [0.15, 0.2) is 5.54 Å². The molecule has 0 radical (unpaired) electrons. The van der Waals surface area contributed by atoms with E-state index in [1.165, 1.54) is 12.1 Å². The third kappa shape index (κ3) is 7.32. The number of nitrogens with one attached hydrogen (secondary N) is 2. The van der Waals surface area contributed by atoms with Crippen LogP contribution in [0.5, 0.6) is 5.75 Å². The molecule has 39 heavy (non-hydrogen) atoms. The zero-order valence-electron chi connectivity index (χ0n) is 21.2. The van der Waals surface area contributed by atoms with Gasteiger partial charge in [0.25, 0.3) is 5.91 Å². The Labute approximate surface area is 225 Å². The van der Waals surface area contributed by atoms with Gasteiger partial charge in [-0.2, -0.15) is 0 Å². The lowest BCUT2D eigenvalue weighted by Crippen LogP contribution is -2.52. The Morgan fingerprint density at radius 3 is 2.59 bits per heavy atom. The first-order chi connectivity index (χ1) is 19.0. The highest BCUT2D eigenvalue weighted by atomic mass is 19.1. The predicted octanol–water partition coefficient (Wildman–Crippen LogP) is 3.98. The highest BCUT2D eigenvalue weighted by Crippen LogP contribution is 2.29. The summed E-state index contributed by atoms with van der Waals surface area (Å²) in [7, 11) is 0. The molecule has 3 aromatic rings. The number of azide groups is 1. The average Bonchev–Trinajstić information content (AvgIpc) is 3.39. The summed E-state index contributed by atoms with van der Waals surface area (Å²) in [4.78, 5) is 21.2. The van der Waals surface area contributed by atoms with E-state index in [-0.39, 0.29) is 38.5 Å². The highest BCUT2D eigenvalue weighted by Gasteiger charge is 2.45. The molecule has 10 nitrogen and oxygen atoms in total. The van der Waals surface area contributed by atoms with E-state index in [1.807, 2.05) is 24.3 Å². The number of aliphatic imine (C=N–C) groups is 1. The smallest absolute Gasteiger partial charge is 0.266 e. The summed E-state index contributed by atoms with van der Waals surface area (Å²) in [6.45, 7) is 0.873. The van der Waals surface area contributed by atoms with Crippen LogP contribution in [0.4, 0.5) is 4.39 Å². The summed E-state index contributed by atoms with van der Waals surface area (Å²) in [5, 5.41) is 12.6. The predicted molar refractivity (Wildman–Crippen MR) is 143 cm³/mol. The Kier molecular flexibility index (Phi) is 9.47. The van der Waals surface area contributed by atoms with Crippen LogP contribution in [0.2, 0.25) is 0 Å². The van der Waals surface area contributed by atoms with E-state index in [0.29, 0.717) is 30.2 Å². The number of aliphatic hydroxyl groups is 1. The van der Waals surface area contributed by atoms with Gasteiger partial charge in [0, 0.05) is 36.5 Å². The Morgan fingerprint density at radius 1 is 1.13 bits per heavy atom. The van der Waals surface area contributed by atoms with Crippen LogP contribution in [0.1, 0.15) is 28.7 Å². The first-order valence-electron chi connectivity index (χ1n) is 12.4. The van der Waals surface area contributed by atoms with Crippen molar-refractivity contribution >= 4 is 11.8 Å². The molecule has 0 saturated heterocycles. The molecule has 0 saturated carbocycles. The van der Waals surface area contributed by atoms with Crippen LogP contribution in [0.25, 0.3) is 10.4 Å². The van der Waals surface area contributed by atoms with E-state index >= 15 is 0 Å². The zero-order valence-corrected chi connectivity index (χ0v) is 21.2. The van der Waals surface area contributed by atoms with Crippen LogP contribution in [0, 0.1) is 5.82 Å². The van der Waals surface area contributed by atoms with Gasteiger partial charge in [-0.15, -0.1) is 0 Å². The van der Waals surface area contributed by atoms with Crippen LogP contribution >= 0.6 is 0 Å². The summed E-state index contributed by atoms with van der Waals surface area (Å²) in [6, 6.07) is 20.5. The summed E-state index contributed by atoms with van der Waals surface area (Å²) in [5.41, 5.74) is 16.2. The van der Waals surface area contributed by atoms with Crippen LogP contribution in [-0.2, 0) is 29.0 Å². The van der Waals surface area contributed by atoms with Gasteiger partial charge in [-0.25, -0.2) is 14.8 Å². The van der Waals surface area contributed by atoms with Crippen molar-refractivity contribution in [3.8, 4) is 5.75 Å². The van der Waals surface area contributed by atoms with Crippen molar-refractivity contribution in [2.75, 3.05) is 19.8 Å². The van der Waals surface area contributed by atoms with Crippen molar-refractivity contribution in [1.82, 2.24) is 10.9 Å². The molecule has 1 aliphatic rings. The quantitative estimate of drug-likeness (QED) is 0.100. The number of aliphatic hydroxyl groups excluding tert-OH is 1. The third-order valence-corrected chi connectivity index (χ3v) is 6.17. The number of hydrazine groups is 1. The van der Waals surface area contributed by atoms with E-state index < -0.39 is 11.4 Å². The third-order valence-electron chi connectivity index (χ3n) is 6.17. The molecule has 1 heterocycles. The van der Waals surface area contributed by atoms with Crippen LogP contribution < -0.4 is 15.6 Å². The molecule has 3 N–H and O–H groups in total. The van der Waals surface area contributed by atoms with E-state index in [1.54, 1.807) is 36.4 Å². The lowest BCUT2D eigenvalue weighted by Gasteiger charge is -2.24. The molecule has 1 atom stereocenters. The van der Waals surface area contributed by atoms with Gasteiger partial charge in [-0.1, -0.05) is 41.5 Å². The van der Waals surface area contributed by atoms with Crippen LogP contribution in [-0.4, -0.2) is 42.3 Å². The van der Waals surface area contributed by atoms with E-state index in [2.05, 4.69) is 20.9 Å². The summed E-state index contributed by atoms with van der Waals surface area (Å²) in [5.74, 6) is 0.225. The molecule has 11 heteroatoms. The van der Waals surface area contributed by atoms with Crippen molar-refractivity contribution in [3.63, 3.8) is 0 Å². The van der Waals surface area contributed by atoms with Crippen molar-refractivity contribution in [2.24, 2.45) is 10.1 Å². The van der Waals surface area contributed by atoms with Gasteiger partial charge in [0.2, 0.25) is 5.90 Å². The molecular formula is C28H29FN6O4. The summed E-state index contributed by atoms with van der Waals surface area (Å²) in [6.07, 6.45) is 0.742. The first-order valence-corrected chi connectivity index (χ1v) is 12.4. The molecule has 1 aliphatic heterocycles. The summed E-state index contributed by atoms with van der Waals surface area (Å²) < 4.78 is 24.8. The molecule has 202 valence electrons. The van der Waals surface area contributed by atoms with Crippen molar-refractivity contribution < 1.29 is 23.8 Å². The topological polar surface area (TPSA) is 141 Å². The fourth-order valence-electron chi connectivity index (χ4n) is 4.08. The Balaban J connectivity index is 1.56. The lowest BCUT2D eigenvalue weighted by atomic mass is 9.89. The number of benzene rings is 3. The fourth-order valence-corrected chi connectivity index (χ4v) is 4.08. The van der Waals surface area contributed by atoms with E-state index in [4.69, 9.17) is 25.1 Å². The second-order valence-corrected chi connectivity index (χ2v) is 8.96. The lowest BCUT2D eigenvalue weighted by molar-refractivity contribution is -0.127. The van der Waals surface area contributed by atoms with Gasteiger partial charge in [-0.05, 0) is 58.6 Å². The van der Waals surface area contributed by atoms with Crippen LogP contribution in [0.3, 0.4) is 0 Å². The number of hydrogen-bond donors (Lipinski definition) is 3. The number of hydrogen-bond acceptors (Lipinski definition) is 7. The molecule has 3 aromatic carbocycles. The molecule has 0 aromatic heterocycles. The van der Waals surface area contributed by atoms with Crippen molar-refractivity contribution in [1.29, 1.82) is 0 Å². The van der Waals surface area contributed by atoms with Gasteiger partial charge in [0.1, 0.15) is 18.2 Å². The molecule has 0 aliphatic carbocycles. The van der Waals surface area contributed by atoms with Gasteiger partial charge in [-0.3, -0.25) is 10.2 Å². The maximum absolute atomic E-state index is 13.6. The summed E-state index contributed by atoms with van der Waals surface area (Å²) >= 11 is 0. The Bertz CT molecular complexity index is 1340. The molecule has 0 unspecified atom stereocenters. The van der Waals surface area contributed by atoms with Crippen molar-refractivity contribution in [2.45, 2.75) is 31.5 Å². The molecule has 0 bridgehead atoms. The number of amides is 1. The minimum Gasteiger partial charge on any atom is -0.494 e. The zero-order chi connectivity index (χ0) is 27.5. The van der Waals surface area contributed by atoms with Crippen molar-refractivity contribution in [3.05, 3.63) is 111 Å². The Hall–Kier alpha value is -4.44. The van der Waals surface area contributed by atoms with Gasteiger partial charge in [0.05, 0.1) is 13.2 Å².